The van der Waals surface area contributed by atoms with Crippen LogP contribution in [0.2, 0.25) is 0 Å². The third kappa shape index (κ3) is 1.89. The molecule has 0 radical (unpaired) electrons. The van der Waals surface area contributed by atoms with Crippen LogP contribution in [-0.4, -0.2) is 4.98 Å². The number of hydrogen-bond donors (Lipinski definition) is 0. The lowest BCUT2D eigenvalue weighted by Gasteiger charge is -1.77. The van der Waals surface area contributed by atoms with Gasteiger partial charge >= 0.3 is 0 Å². The van der Waals surface area contributed by atoms with E-state index in [1.54, 1.807) is 11.3 Å². The zero-order valence-electron chi connectivity index (χ0n) is 4.92. The zero-order valence-corrected chi connectivity index (χ0v) is 7.16. The summed E-state index contributed by atoms with van der Waals surface area (Å²) in [6.07, 6.45) is 2.90. The van der Waals surface area contributed by atoms with Crippen LogP contribution in [0.4, 0.5) is 0 Å². The lowest BCUT2D eigenvalue weighted by Crippen LogP contribution is -1.70. The molecule has 8 heavy (non-hydrogen) atoms. The van der Waals surface area contributed by atoms with Gasteiger partial charge in [-0.2, -0.15) is 9.90 Å². The third-order valence-electron chi connectivity index (χ3n) is 0.786. The highest BCUT2D eigenvalue weighted by Crippen LogP contribution is 2.02. The molecule has 1 unspecified atom stereocenters. The number of thiazole rings is 1. The van der Waals surface area contributed by atoms with Gasteiger partial charge < -0.3 is 0 Å². The molecule has 0 aromatic carbocycles. The zero-order chi connectivity index (χ0) is 5.11. The van der Waals surface area contributed by atoms with Crippen molar-refractivity contribution >= 4 is 21.2 Å². The SMILES string of the molecule is CCc1nccs1.P. The molecule has 46 valence electrons. The van der Waals surface area contributed by atoms with E-state index in [2.05, 4.69) is 11.9 Å². The molecule has 0 fully saturated rings. The average Bonchev–Trinajstić information content (AvgIpc) is 2.14. The van der Waals surface area contributed by atoms with Crippen molar-refractivity contribution in [2.24, 2.45) is 0 Å². The predicted octanol–water partition coefficient (Wildman–Crippen LogP) is 1.76. The smallest absolute Gasteiger partial charge is 0.0922 e. The molecule has 0 spiro atoms. The molecular formula is C5H10NPS. The standard InChI is InChI=1S/C5H7NS.H3P/c1-2-5-6-3-4-7-5;/h3-4H,2H2,1H3;1H3. The number of rotatable bonds is 1. The van der Waals surface area contributed by atoms with E-state index in [-0.39, 0.29) is 9.90 Å². The minimum absolute atomic E-state index is 0. The minimum atomic E-state index is 0. The summed E-state index contributed by atoms with van der Waals surface area (Å²) in [6, 6.07) is 0. The van der Waals surface area contributed by atoms with Crippen LogP contribution >= 0.6 is 21.2 Å². The molecular weight excluding hydrogens is 137 g/mol. The molecule has 0 saturated heterocycles. The Hall–Kier alpha value is 0.0600. The van der Waals surface area contributed by atoms with Gasteiger partial charge in [-0.3, -0.25) is 0 Å². The number of nitrogens with zero attached hydrogens (tertiary/aromatic N) is 1. The molecule has 0 aliphatic carbocycles. The van der Waals surface area contributed by atoms with Crippen molar-refractivity contribution in [1.82, 2.24) is 4.98 Å². The van der Waals surface area contributed by atoms with Crippen LogP contribution < -0.4 is 0 Å². The number of aromatic nitrogens is 1. The van der Waals surface area contributed by atoms with Crippen molar-refractivity contribution in [2.75, 3.05) is 0 Å². The topological polar surface area (TPSA) is 12.9 Å². The molecule has 0 saturated carbocycles. The van der Waals surface area contributed by atoms with E-state index >= 15 is 0 Å². The van der Waals surface area contributed by atoms with Crippen LogP contribution in [0.25, 0.3) is 0 Å². The fraction of sp³-hybridized carbons (Fsp3) is 0.400. The summed E-state index contributed by atoms with van der Waals surface area (Å²) in [5.74, 6) is 0. The quantitative estimate of drug-likeness (QED) is 0.551. The molecule has 0 amide bonds. The molecule has 1 aromatic heterocycles. The Kier molecular flexibility index (Phi) is 4.02. The second kappa shape index (κ2) is 3.99. The van der Waals surface area contributed by atoms with Gasteiger partial charge in [0.25, 0.3) is 0 Å². The monoisotopic (exact) mass is 147 g/mol. The average molecular weight is 147 g/mol. The second-order valence-corrected chi connectivity index (χ2v) is 2.26. The molecule has 1 heterocycles. The maximum absolute atomic E-state index is 4.05. The van der Waals surface area contributed by atoms with E-state index in [1.165, 1.54) is 5.01 Å². The van der Waals surface area contributed by atoms with E-state index in [0.29, 0.717) is 0 Å². The Morgan fingerprint density at radius 2 is 2.50 bits per heavy atom. The Bertz CT molecular complexity index is 127. The molecule has 0 N–H and O–H groups in total. The van der Waals surface area contributed by atoms with Crippen LogP contribution in [0, 0.1) is 0 Å². The summed E-state index contributed by atoms with van der Waals surface area (Å²) < 4.78 is 0. The highest BCUT2D eigenvalue weighted by molar-refractivity contribution is 7.09. The summed E-state index contributed by atoms with van der Waals surface area (Å²) in [4.78, 5) is 4.05. The molecule has 1 aromatic rings. The van der Waals surface area contributed by atoms with Crippen LogP contribution in [-0.2, 0) is 6.42 Å². The highest BCUT2D eigenvalue weighted by Gasteiger charge is 1.84. The summed E-state index contributed by atoms with van der Waals surface area (Å²) >= 11 is 1.71. The van der Waals surface area contributed by atoms with Gasteiger partial charge in [0.05, 0.1) is 5.01 Å². The van der Waals surface area contributed by atoms with Gasteiger partial charge in [0.2, 0.25) is 0 Å². The van der Waals surface area contributed by atoms with Crippen molar-refractivity contribution in [3.05, 3.63) is 16.6 Å². The van der Waals surface area contributed by atoms with Crippen molar-refractivity contribution < 1.29 is 0 Å². The van der Waals surface area contributed by atoms with E-state index in [4.69, 9.17) is 0 Å². The van der Waals surface area contributed by atoms with E-state index in [1.807, 2.05) is 11.6 Å². The molecule has 1 atom stereocenters. The van der Waals surface area contributed by atoms with E-state index < -0.39 is 0 Å². The van der Waals surface area contributed by atoms with Gasteiger partial charge in [0.1, 0.15) is 0 Å². The first-order valence-electron chi connectivity index (χ1n) is 2.32. The molecule has 0 aliphatic rings. The molecule has 0 aliphatic heterocycles. The third-order valence-corrected chi connectivity index (χ3v) is 1.71. The Morgan fingerprint density at radius 1 is 1.75 bits per heavy atom. The van der Waals surface area contributed by atoms with Crippen LogP contribution in [0.1, 0.15) is 11.9 Å². The van der Waals surface area contributed by atoms with Crippen molar-refractivity contribution in [1.29, 1.82) is 0 Å². The first-order chi connectivity index (χ1) is 3.43. The Morgan fingerprint density at radius 3 is 2.75 bits per heavy atom. The molecule has 1 rings (SSSR count). The van der Waals surface area contributed by atoms with Crippen molar-refractivity contribution in [2.45, 2.75) is 13.3 Å². The summed E-state index contributed by atoms with van der Waals surface area (Å²) in [7, 11) is 0. The van der Waals surface area contributed by atoms with Crippen LogP contribution in [0.15, 0.2) is 11.6 Å². The fourth-order valence-electron chi connectivity index (χ4n) is 0.428. The van der Waals surface area contributed by atoms with Gasteiger partial charge in [-0.25, -0.2) is 4.98 Å². The summed E-state index contributed by atoms with van der Waals surface area (Å²) in [5.41, 5.74) is 0. The predicted molar refractivity (Wildman–Crippen MR) is 42.6 cm³/mol. The van der Waals surface area contributed by atoms with E-state index in [0.717, 1.165) is 6.42 Å². The lowest BCUT2D eigenvalue weighted by molar-refractivity contribution is 1.09. The maximum atomic E-state index is 4.05. The van der Waals surface area contributed by atoms with Gasteiger partial charge in [0, 0.05) is 11.6 Å². The second-order valence-electron chi connectivity index (χ2n) is 1.28. The lowest BCUT2D eigenvalue weighted by atomic mass is 10.5. The van der Waals surface area contributed by atoms with Gasteiger partial charge in [-0.1, -0.05) is 6.92 Å². The minimum Gasteiger partial charge on any atom is -0.250 e. The fourth-order valence-corrected chi connectivity index (χ4v) is 0.995. The summed E-state index contributed by atoms with van der Waals surface area (Å²) in [5, 5.41) is 3.22. The van der Waals surface area contributed by atoms with Gasteiger partial charge in [-0.15, -0.1) is 11.3 Å². The first kappa shape index (κ1) is 8.06. The maximum Gasteiger partial charge on any atom is 0.0922 e. The number of hydrogen-bond acceptors (Lipinski definition) is 2. The normalized spacial score (nSPS) is 8.12. The highest BCUT2D eigenvalue weighted by atomic mass is 32.1. The molecule has 0 bridgehead atoms. The Balaban J connectivity index is 0.000000490. The van der Waals surface area contributed by atoms with Crippen LogP contribution in [0.5, 0.6) is 0 Å². The Labute approximate surface area is 56.8 Å². The molecule has 3 heteroatoms. The van der Waals surface area contributed by atoms with Crippen molar-refractivity contribution in [3.8, 4) is 0 Å². The van der Waals surface area contributed by atoms with Gasteiger partial charge in [-0.05, 0) is 6.42 Å². The van der Waals surface area contributed by atoms with Crippen LogP contribution in [0.3, 0.4) is 0 Å². The van der Waals surface area contributed by atoms with Gasteiger partial charge in [0.15, 0.2) is 0 Å². The summed E-state index contributed by atoms with van der Waals surface area (Å²) in [6.45, 7) is 2.11. The molecule has 1 nitrogen and oxygen atoms in total. The first-order valence-corrected chi connectivity index (χ1v) is 3.20. The largest absolute Gasteiger partial charge is 0.250 e. The van der Waals surface area contributed by atoms with E-state index in [9.17, 15) is 0 Å². The van der Waals surface area contributed by atoms with Crippen molar-refractivity contribution in [3.63, 3.8) is 0 Å². The number of aryl methyl sites for hydroxylation is 1.